The number of hydrogen-bond acceptors (Lipinski definition) is 2. The zero-order chi connectivity index (χ0) is 17.8. The van der Waals surface area contributed by atoms with E-state index in [2.05, 4.69) is 42.3 Å². The second kappa shape index (κ2) is 7.92. The molecule has 1 fully saturated rings. The Kier molecular flexibility index (Phi) is 5.64. The van der Waals surface area contributed by atoms with Crippen LogP contribution in [-0.4, -0.2) is 19.0 Å². The number of nitrogens with one attached hydrogen (secondary N) is 1. The smallest absolute Gasteiger partial charge is 0.227 e. The highest BCUT2D eigenvalue weighted by Crippen LogP contribution is 2.27. The number of hydrogen-bond donors (Lipinski definition) is 1. The lowest BCUT2D eigenvalue weighted by molar-refractivity contribution is -0.120. The average molecular weight is 357 g/mol. The first-order valence-electron chi connectivity index (χ1n) is 8.98. The minimum absolute atomic E-state index is 0.0692. The Morgan fingerprint density at radius 2 is 1.92 bits per heavy atom. The van der Waals surface area contributed by atoms with Crippen molar-refractivity contribution in [3.05, 3.63) is 58.6 Å². The molecule has 4 heteroatoms. The number of piperidine rings is 1. The maximum Gasteiger partial charge on any atom is 0.227 e. The van der Waals surface area contributed by atoms with E-state index in [4.69, 9.17) is 11.6 Å². The third kappa shape index (κ3) is 4.16. The molecule has 0 aromatic heterocycles. The molecule has 1 saturated heterocycles. The van der Waals surface area contributed by atoms with Crippen molar-refractivity contribution in [2.75, 3.05) is 23.3 Å². The summed E-state index contributed by atoms with van der Waals surface area (Å²) >= 11 is 6.09. The Balaban J connectivity index is 1.62. The van der Waals surface area contributed by atoms with Crippen LogP contribution >= 0.6 is 11.6 Å². The van der Waals surface area contributed by atoms with E-state index in [0.717, 1.165) is 54.3 Å². The summed E-state index contributed by atoms with van der Waals surface area (Å²) in [5.41, 5.74) is 4.46. The standard InChI is InChI=1S/C21H25ClN2O/c1-3-16-7-4-6-15(2)20(16)23-21(25)17-10-12-24(13-11-17)19-9-5-8-18(22)14-19/h4-9,14,17H,3,10-13H2,1-2H3,(H,23,25). The molecule has 1 aliphatic heterocycles. The molecule has 2 aromatic carbocycles. The van der Waals surface area contributed by atoms with Crippen LogP contribution in [0.2, 0.25) is 5.02 Å². The quantitative estimate of drug-likeness (QED) is 0.829. The number of carbonyl (C=O) groups is 1. The Morgan fingerprint density at radius 3 is 2.60 bits per heavy atom. The molecule has 0 unspecified atom stereocenters. The number of anilines is 2. The van der Waals surface area contributed by atoms with Gasteiger partial charge in [-0.25, -0.2) is 0 Å². The van der Waals surface area contributed by atoms with Gasteiger partial charge in [-0.15, -0.1) is 0 Å². The van der Waals surface area contributed by atoms with Gasteiger partial charge in [-0.05, 0) is 55.5 Å². The Hall–Kier alpha value is -2.00. The molecule has 0 saturated carbocycles. The molecule has 1 heterocycles. The summed E-state index contributed by atoms with van der Waals surface area (Å²) in [7, 11) is 0. The van der Waals surface area contributed by atoms with Crippen molar-refractivity contribution < 1.29 is 4.79 Å². The summed E-state index contributed by atoms with van der Waals surface area (Å²) in [6, 6.07) is 14.1. The Morgan fingerprint density at radius 1 is 1.20 bits per heavy atom. The molecule has 1 aliphatic rings. The first kappa shape index (κ1) is 17.8. The maximum absolute atomic E-state index is 12.7. The highest BCUT2D eigenvalue weighted by Gasteiger charge is 2.26. The predicted molar refractivity (Wildman–Crippen MR) is 106 cm³/mol. The molecule has 0 atom stereocenters. The highest BCUT2D eigenvalue weighted by molar-refractivity contribution is 6.30. The number of para-hydroxylation sites is 1. The molecule has 1 N–H and O–H groups in total. The van der Waals surface area contributed by atoms with Gasteiger partial charge in [-0.2, -0.15) is 0 Å². The predicted octanol–water partition coefficient (Wildman–Crippen LogP) is 5.07. The fourth-order valence-electron chi connectivity index (χ4n) is 3.50. The first-order chi connectivity index (χ1) is 12.1. The maximum atomic E-state index is 12.7. The van der Waals surface area contributed by atoms with Crippen LogP contribution in [0.15, 0.2) is 42.5 Å². The van der Waals surface area contributed by atoms with Crippen LogP contribution in [0.5, 0.6) is 0 Å². The first-order valence-corrected chi connectivity index (χ1v) is 9.36. The molecule has 2 aromatic rings. The van der Waals surface area contributed by atoms with Crippen LogP contribution in [0.4, 0.5) is 11.4 Å². The minimum atomic E-state index is 0.0692. The Labute approximate surface area is 155 Å². The van der Waals surface area contributed by atoms with Crippen molar-refractivity contribution in [1.82, 2.24) is 0 Å². The minimum Gasteiger partial charge on any atom is -0.371 e. The molecule has 0 aliphatic carbocycles. The van der Waals surface area contributed by atoms with Gasteiger partial charge in [0.1, 0.15) is 0 Å². The third-order valence-corrected chi connectivity index (χ3v) is 5.26. The Bertz CT molecular complexity index is 751. The summed E-state index contributed by atoms with van der Waals surface area (Å²) in [5, 5.41) is 3.94. The molecule has 0 bridgehead atoms. The van der Waals surface area contributed by atoms with Gasteiger partial charge < -0.3 is 10.2 Å². The van der Waals surface area contributed by atoms with E-state index in [1.807, 2.05) is 24.3 Å². The summed E-state index contributed by atoms with van der Waals surface area (Å²) in [6.07, 6.45) is 2.65. The van der Waals surface area contributed by atoms with Crippen molar-refractivity contribution in [2.45, 2.75) is 33.1 Å². The monoisotopic (exact) mass is 356 g/mol. The van der Waals surface area contributed by atoms with Crippen LogP contribution in [0.3, 0.4) is 0 Å². The fraction of sp³-hybridized carbons (Fsp3) is 0.381. The number of rotatable bonds is 4. The molecule has 0 spiro atoms. The molecule has 0 radical (unpaired) electrons. The van der Waals surface area contributed by atoms with Crippen molar-refractivity contribution >= 4 is 28.9 Å². The second-order valence-corrected chi connectivity index (χ2v) is 7.13. The lowest BCUT2D eigenvalue weighted by Gasteiger charge is -2.33. The summed E-state index contributed by atoms with van der Waals surface area (Å²) in [6.45, 7) is 5.93. The van der Waals surface area contributed by atoms with Crippen molar-refractivity contribution in [2.24, 2.45) is 5.92 Å². The average Bonchev–Trinajstić information content (AvgIpc) is 2.63. The number of benzene rings is 2. The van der Waals surface area contributed by atoms with Crippen molar-refractivity contribution in [1.29, 1.82) is 0 Å². The molecular weight excluding hydrogens is 332 g/mol. The van der Waals surface area contributed by atoms with Crippen molar-refractivity contribution in [3.63, 3.8) is 0 Å². The van der Waals surface area contributed by atoms with Gasteiger partial charge in [0.05, 0.1) is 0 Å². The van der Waals surface area contributed by atoms with Gasteiger partial charge in [-0.3, -0.25) is 4.79 Å². The summed E-state index contributed by atoms with van der Waals surface area (Å²) < 4.78 is 0. The number of amides is 1. The fourth-order valence-corrected chi connectivity index (χ4v) is 3.68. The number of nitrogens with zero attached hydrogens (tertiary/aromatic N) is 1. The van der Waals surface area contributed by atoms with E-state index >= 15 is 0 Å². The molecule has 25 heavy (non-hydrogen) atoms. The van der Waals surface area contributed by atoms with E-state index in [9.17, 15) is 4.79 Å². The van der Waals surface area contributed by atoms with E-state index in [1.165, 1.54) is 5.56 Å². The topological polar surface area (TPSA) is 32.3 Å². The van der Waals surface area contributed by atoms with Crippen LogP contribution in [0.1, 0.15) is 30.9 Å². The van der Waals surface area contributed by atoms with Gasteiger partial charge in [0, 0.05) is 35.4 Å². The number of halogens is 1. The van der Waals surface area contributed by atoms with Crippen LogP contribution < -0.4 is 10.2 Å². The normalized spacial score (nSPS) is 15.2. The molecule has 132 valence electrons. The van der Waals surface area contributed by atoms with Gasteiger partial charge in [-0.1, -0.05) is 42.8 Å². The molecule has 3 rings (SSSR count). The van der Waals surface area contributed by atoms with Crippen LogP contribution in [0.25, 0.3) is 0 Å². The van der Waals surface area contributed by atoms with Gasteiger partial charge in [0.25, 0.3) is 0 Å². The van der Waals surface area contributed by atoms with E-state index < -0.39 is 0 Å². The van der Waals surface area contributed by atoms with Gasteiger partial charge in [0.2, 0.25) is 5.91 Å². The van der Waals surface area contributed by atoms with Crippen LogP contribution in [0, 0.1) is 12.8 Å². The van der Waals surface area contributed by atoms with Gasteiger partial charge in [0.15, 0.2) is 0 Å². The van der Waals surface area contributed by atoms with E-state index in [1.54, 1.807) is 0 Å². The SMILES string of the molecule is CCc1cccc(C)c1NC(=O)C1CCN(c2cccc(Cl)c2)CC1. The van der Waals surface area contributed by atoms with Crippen LogP contribution in [-0.2, 0) is 11.2 Å². The lowest BCUT2D eigenvalue weighted by Crippen LogP contribution is -2.38. The number of carbonyl (C=O) groups excluding carboxylic acids is 1. The second-order valence-electron chi connectivity index (χ2n) is 6.69. The van der Waals surface area contributed by atoms with E-state index in [-0.39, 0.29) is 11.8 Å². The summed E-state index contributed by atoms with van der Waals surface area (Å²) in [5.74, 6) is 0.217. The third-order valence-electron chi connectivity index (χ3n) is 5.03. The molecular formula is C21H25ClN2O. The largest absolute Gasteiger partial charge is 0.371 e. The lowest BCUT2D eigenvalue weighted by atomic mass is 9.95. The van der Waals surface area contributed by atoms with E-state index in [0.29, 0.717) is 0 Å². The molecule has 1 amide bonds. The van der Waals surface area contributed by atoms with Crippen molar-refractivity contribution in [3.8, 4) is 0 Å². The zero-order valence-electron chi connectivity index (χ0n) is 14.9. The van der Waals surface area contributed by atoms with Gasteiger partial charge >= 0.3 is 0 Å². The summed E-state index contributed by atoms with van der Waals surface area (Å²) in [4.78, 5) is 15.0. The highest BCUT2D eigenvalue weighted by atomic mass is 35.5. The molecule has 3 nitrogen and oxygen atoms in total. The number of aryl methyl sites for hydroxylation is 2. The zero-order valence-corrected chi connectivity index (χ0v) is 15.6.